The van der Waals surface area contributed by atoms with Gasteiger partial charge < -0.3 is 14.9 Å². The molecule has 1 amide bonds. The van der Waals surface area contributed by atoms with Crippen LogP contribution in [0, 0.1) is 5.82 Å². The molecule has 2 aromatic carbocycles. The number of amides is 1. The number of anilines is 1. The fourth-order valence-electron chi connectivity index (χ4n) is 5.16. The number of aromatic hydroxyl groups is 1. The lowest BCUT2D eigenvalue weighted by atomic mass is 10.1. The molecule has 0 spiro atoms. The van der Waals surface area contributed by atoms with E-state index < -0.39 is 29.9 Å². The van der Waals surface area contributed by atoms with Crippen molar-refractivity contribution in [3.63, 3.8) is 0 Å². The van der Waals surface area contributed by atoms with E-state index in [1.165, 1.54) is 48.5 Å². The number of phenols is 1. The number of hydrogen-bond acceptors (Lipinski definition) is 6. The summed E-state index contributed by atoms with van der Waals surface area (Å²) < 4.78 is 56.3. The van der Waals surface area contributed by atoms with E-state index in [-0.39, 0.29) is 76.0 Å². The predicted molar refractivity (Wildman–Crippen MR) is 151 cm³/mol. The highest BCUT2D eigenvalue weighted by Crippen LogP contribution is 2.39. The van der Waals surface area contributed by atoms with Crippen molar-refractivity contribution in [3.8, 4) is 22.7 Å². The first-order valence-electron chi connectivity index (χ1n) is 12.8. The van der Waals surface area contributed by atoms with Crippen molar-refractivity contribution in [3.05, 3.63) is 88.1 Å². The number of alkyl halides is 3. The molecule has 1 aliphatic rings. The Bertz CT molecular complexity index is 1750. The Morgan fingerprint density at radius 3 is 2.57 bits per heavy atom. The van der Waals surface area contributed by atoms with Crippen LogP contribution in [0.4, 0.5) is 23.4 Å². The lowest BCUT2D eigenvalue weighted by molar-refractivity contribution is -0.127. The minimum absolute atomic E-state index is 0.0900. The first kappa shape index (κ1) is 29.1. The molecule has 4 aromatic rings. The van der Waals surface area contributed by atoms with E-state index in [1.54, 1.807) is 9.80 Å². The fourth-order valence-corrected chi connectivity index (χ4v) is 5.41. The molecular weight excluding hydrogens is 578 g/mol. The van der Waals surface area contributed by atoms with Crippen LogP contribution < -0.4 is 10.6 Å². The molecule has 218 valence electrons. The molecular formula is C29H24ClF4N5O3. The topological polar surface area (TPSA) is 91.6 Å². The zero-order valence-electron chi connectivity index (χ0n) is 22.2. The number of piperazine rings is 1. The average molecular weight is 602 g/mol. The molecule has 1 atom stereocenters. The Hall–Kier alpha value is -4.45. The van der Waals surface area contributed by atoms with Crippen molar-refractivity contribution in [1.82, 2.24) is 19.4 Å². The predicted octanol–water partition coefficient (Wildman–Crippen LogP) is 5.27. The standard InChI is InChI=1S/C29H24ClF4N5O3/c1-3-23(41)37-11-12-38(16(2)15-37)26-18-13-19(30)25(24-20(31)8-6-10-22(24)40)35-27(18)39(28(42)36-26)21-9-5-4-7-17(21)14-29(32,33)34/h3-10,13,16,40H,1,11-12,14-15H2,2H3/t16-/m0/s1. The fraction of sp³-hybridized carbons (Fsp3) is 0.241. The monoisotopic (exact) mass is 601 g/mol. The molecule has 1 N–H and O–H groups in total. The van der Waals surface area contributed by atoms with Crippen LogP contribution in [0.1, 0.15) is 12.5 Å². The molecule has 42 heavy (non-hydrogen) atoms. The van der Waals surface area contributed by atoms with Crippen LogP contribution in [0.25, 0.3) is 28.0 Å². The summed E-state index contributed by atoms with van der Waals surface area (Å²) in [6, 6.07) is 10.1. The number of nitrogens with zero attached hydrogens (tertiary/aromatic N) is 5. The Balaban J connectivity index is 1.80. The third-order valence-corrected chi connectivity index (χ3v) is 7.33. The van der Waals surface area contributed by atoms with E-state index in [0.29, 0.717) is 0 Å². The molecule has 13 heteroatoms. The van der Waals surface area contributed by atoms with Crippen LogP contribution in [0.3, 0.4) is 0 Å². The number of benzene rings is 2. The van der Waals surface area contributed by atoms with E-state index in [2.05, 4.69) is 16.5 Å². The molecule has 0 unspecified atom stereocenters. The number of pyridine rings is 1. The Morgan fingerprint density at radius 1 is 1.17 bits per heavy atom. The van der Waals surface area contributed by atoms with Gasteiger partial charge in [0.15, 0.2) is 5.65 Å². The van der Waals surface area contributed by atoms with Crippen molar-refractivity contribution in [1.29, 1.82) is 0 Å². The smallest absolute Gasteiger partial charge is 0.393 e. The zero-order chi connectivity index (χ0) is 30.3. The number of rotatable bonds is 5. The van der Waals surface area contributed by atoms with Gasteiger partial charge in [-0.1, -0.05) is 42.4 Å². The van der Waals surface area contributed by atoms with Gasteiger partial charge in [-0.05, 0) is 42.8 Å². The first-order chi connectivity index (χ1) is 19.9. The number of halogens is 5. The summed E-state index contributed by atoms with van der Waals surface area (Å²) in [7, 11) is 0. The average Bonchev–Trinajstić information content (AvgIpc) is 2.92. The summed E-state index contributed by atoms with van der Waals surface area (Å²) in [5.74, 6) is -1.42. The highest BCUT2D eigenvalue weighted by Gasteiger charge is 2.32. The van der Waals surface area contributed by atoms with Gasteiger partial charge in [0, 0.05) is 25.7 Å². The normalized spacial score (nSPS) is 15.7. The van der Waals surface area contributed by atoms with Crippen molar-refractivity contribution in [2.24, 2.45) is 0 Å². The molecule has 1 fully saturated rings. The Labute approximate surface area is 242 Å². The lowest BCUT2D eigenvalue weighted by Crippen LogP contribution is -2.54. The summed E-state index contributed by atoms with van der Waals surface area (Å²) in [5.41, 5.74) is -1.94. The number of carbonyl (C=O) groups excluding carboxylic acids is 1. The quantitative estimate of drug-likeness (QED) is 0.247. The SMILES string of the molecule is C=CC(=O)N1CCN(c2nc(=O)n(-c3ccccc3CC(F)(F)F)c3nc(-c4c(O)cccc4F)c(Cl)cc23)[C@@H](C)C1. The maximum atomic E-state index is 14.9. The molecule has 1 aliphatic heterocycles. The van der Waals surface area contributed by atoms with Gasteiger partial charge in [0.2, 0.25) is 5.91 Å². The number of hydrogen-bond donors (Lipinski definition) is 1. The van der Waals surface area contributed by atoms with E-state index in [0.717, 1.165) is 10.6 Å². The van der Waals surface area contributed by atoms with Gasteiger partial charge in [-0.2, -0.15) is 18.2 Å². The van der Waals surface area contributed by atoms with Gasteiger partial charge >= 0.3 is 11.9 Å². The van der Waals surface area contributed by atoms with Gasteiger partial charge in [-0.25, -0.2) is 18.7 Å². The van der Waals surface area contributed by atoms with Crippen LogP contribution in [0.5, 0.6) is 5.75 Å². The Kier molecular flexibility index (Phi) is 7.67. The van der Waals surface area contributed by atoms with Crippen LogP contribution >= 0.6 is 11.6 Å². The molecule has 0 bridgehead atoms. The lowest BCUT2D eigenvalue weighted by Gasteiger charge is -2.40. The first-order valence-corrected chi connectivity index (χ1v) is 13.2. The summed E-state index contributed by atoms with van der Waals surface area (Å²) in [6.45, 7) is 6.18. The molecule has 8 nitrogen and oxygen atoms in total. The third-order valence-electron chi connectivity index (χ3n) is 7.04. The largest absolute Gasteiger partial charge is 0.507 e. The van der Waals surface area contributed by atoms with E-state index >= 15 is 0 Å². The second-order valence-electron chi connectivity index (χ2n) is 9.83. The van der Waals surface area contributed by atoms with E-state index in [1.807, 2.05) is 6.92 Å². The van der Waals surface area contributed by atoms with Crippen LogP contribution in [-0.4, -0.2) is 62.3 Å². The maximum absolute atomic E-state index is 14.9. The minimum Gasteiger partial charge on any atom is -0.507 e. The molecule has 3 heterocycles. The second kappa shape index (κ2) is 11.1. The molecule has 2 aromatic heterocycles. The number of fused-ring (bicyclic) bond motifs is 1. The summed E-state index contributed by atoms with van der Waals surface area (Å²) in [6.07, 6.45) is -4.70. The number of para-hydroxylation sites is 1. The van der Waals surface area contributed by atoms with Crippen molar-refractivity contribution >= 4 is 34.4 Å². The number of carbonyl (C=O) groups is 1. The molecule has 5 rings (SSSR count). The summed E-state index contributed by atoms with van der Waals surface area (Å²) in [4.78, 5) is 38.0. The van der Waals surface area contributed by atoms with Crippen LogP contribution in [0.2, 0.25) is 5.02 Å². The minimum atomic E-state index is -4.58. The highest BCUT2D eigenvalue weighted by atomic mass is 35.5. The maximum Gasteiger partial charge on any atom is 0.393 e. The summed E-state index contributed by atoms with van der Waals surface area (Å²) >= 11 is 6.58. The van der Waals surface area contributed by atoms with Crippen molar-refractivity contribution in [2.75, 3.05) is 24.5 Å². The molecule has 0 aliphatic carbocycles. The number of phenolic OH excluding ortho intramolecular Hbond substituents is 1. The highest BCUT2D eigenvalue weighted by molar-refractivity contribution is 6.34. The van der Waals surface area contributed by atoms with E-state index in [9.17, 15) is 32.3 Å². The van der Waals surface area contributed by atoms with Gasteiger partial charge in [-0.15, -0.1) is 0 Å². The zero-order valence-corrected chi connectivity index (χ0v) is 23.0. The van der Waals surface area contributed by atoms with Gasteiger partial charge in [0.1, 0.15) is 17.4 Å². The second-order valence-corrected chi connectivity index (χ2v) is 10.2. The molecule has 0 radical (unpaired) electrons. The van der Waals surface area contributed by atoms with Gasteiger partial charge in [-0.3, -0.25) is 4.79 Å². The Morgan fingerprint density at radius 2 is 1.90 bits per heavy atom. The van der Waals surface area contributed by atoms with Gasteiger partial charge in [0.25, 0.3) is 0 Å². The van der Waals surface area contributed by atoms with Crippen molar-refractivity contribution in [2.45, 2.75) is 25.6 Å². The number of aromatic nitrogens is 3. The van der Waals surface area contributed by atoms with E-state index in [4.69, 9.17) is 11.6 Å². The van der Waals surface area contributed by atoms with Crippen molar-refractivity contribution < 1.29 is 27.5 Å². The van der Waals surface area contributed by atoms with Crippen LogP contribution in [-0.2, 0) is 11.2 Å². The third kappa shape index (κ3) is 5.41. The summed E-state index contributed by atoms with van der Waals surface area (Å²) in [5, 5.41) is 10.6. The van der Waals surface area contributed by atoms with Gasteiger partial charge in [0.05, 0.1) is 33.8 Å². The molecule has 0 saturated carbocycles. The van der Waals surface area contributed by atoms with Crippen LogP contribution in [0.15, 0.2) is 66.0 Å². The molecule has 1 saturated heterocycles.